The topological polar surface area (TPSA) is 40.5 Å². The van der Waals surface area contributed by atoms with Crippen LogP contribution < -0.4 is 0 Å². The molecule has 0 saturated carbocycles. The van der Waals surface area contributed by atoms with Gasteiger partial charge in [-0.1, -0.05) is 23.8 Å². The zero-order chi connectivity index (χ0) is 12.6. The van der Waals surface area contributed by atoms with Gasteiger partial charge < -0.3 is 5.11 Å². The Hall–Kier alpha value is -1.35. The summed E-state index contributed by atoms with van der Waals surface area (Å²) in [4.78, 5) is 13.0. The summed E-state index contributed by atoms with van der Waals surface area (Å²) in [5, 5.41) is 8.87. The fourth-order valence-electron chi connectivity index (χ4n) is 2.48. The lowest BCUT2D eigenvalue weighted by atomic mass is 9.93. The predicted molar refractivity (Wildman–Crippen MR) is 67.0 cm³/mol. The highest BCUT2D eigenvalue weighted by atomic mass is 16.4. The third-order valence-electron chi connectivity index (χ3n) is 3.68. The molecule has 0 bridgehead atoms. The molecule has 1 atom stereocenters. The van der Waals surface area contributed by atoms with Gasteiger partial charge in [-0.25, -0.2) is 0 Å². The summed E-state index contributed by atoms with van der Waals surface area (Å²) in [5.74, 6) is -0.850. The van der Waals surface area contributed by atoms with Crippen molar-refractivity contribution < 1.29 is 9.90 Å². The summed E-state index contributed by atoms with van der Waals surface area (Å²) in [5.41, 5.74) is 3.86. The van der Waals surface area contributed by atoms with Gasteiger partial charge in [-0.2, -0.15) is 0 Å². The number of aliphatic carboxylic acids is 1. The molecule has 0 amide bonds. The van der Waals surface area contributed by atoms with Crippen molar-refractivity contribution in [1.82, 2.24) is 4.90 Å². The fraction of sp³-hybridized carbons (Fsp3) is 0.500. The van der Waals surface area contributed by atoms with Crippen molar-refractivity contribution in [3.8, 4) is 0 Å². The molecule has 0 aromatic heterocycles. The Kier molecular flexibility index (Phi) is 3.20. The molecule has 2 rings (SSSR count). The van der Waals surface area contributed by atoms with E-state index in [9.17, 15) is 4.79 Å². The molecular formula is C14H19NO2. The van der Waals surface area contributed by atoms with Gasteiger partial charge in [0, 0.05) is 19.1 Å². The molecular weight excluding hydrogens is 214 g/mol. The number of rotatable bonds is 3. The van der Waals surface area contributed by atoms with E-state index >= 15 is 0 Å². The molecule has 0 radical (unpaired) electrons. The van der Waals surface area contributed by atoms with Gasteiger partial charge in [-0.15, -0.1) is 0 Å². The van der Waals surface area contributed by atoms with Crippen molar-refractivity contribution in [3.63, 3.8) is 0 Å². The number of benzene rings is 1. The molecule has 1 aromatic carbocycles. The number of aryl methyl sites for hydroxylation is 2. The summed E-state index contributed by atoms with van der Waals surface area (Å²) >= 11 is 0. The quantitative estimate of drug-likeness (QED) is 0.871. The molecule has 0 aliphatic carbocycles. The van der Waals surface area contributed by atoms with E-state index in [2.05, 4.69) is 43.9 Å². The van der Waals surface area contributed by atoms with Crippen LogP contribution in [0.5, 0.6) is 0 Å². The summed E-state index contributed by atoms with van der Waals surface area (Å²) in [6.45, 7) is 7.70. The van der Waals surface area contributed by atoms with Gasteiger partial charge >= 0.3 is 5.97 Å². The van der Waals surface area contributed by atoms with Crippen molar-refractivity contribution in [3.05, 3.63) is 34.9 Å². The molecule has 1 aromatic rings. The monoisotopic (exact) mass is 233 g/mol. The minimum atomic E-state index is -0.672. The van der Waals surface area contributed by atoms with E-state index in [0.717, 1.165) is 0 Å². The number of likely N-dealkylation sites (tertiary alicyclic amines) is 1. The second-order valence-corrected chi connectivity index (χ2v) is 5.03. The smallest absolute Gasteiger partial charge is 0.309 e. The van der Waals surface area contributed by atoms with Gasteiger partial charge in [0.1, 0.15) is 0 Å². The largest absolute Gasteiger partial charge is 0.481 e. The maximum atomic E-state index is 10.8. The van der Waals surface area contributed by atoms with Crippen LogP contribution >= 0.6 is 0 Å². The van der Waals surface area contributed by atoms with Crippen LogP contribution in [0, 0.1) is 19.8 Å². The number of carboxylic acids is 1. The molecule has 92 valence electrons. The maximum Gasteiger partial charge on any atom is 0.309 e. The summed E-state index contributed by atoms with van der Waals surface area (Å²) in [7, 11) is 0. The maximum absolute atomic E-state index is 10.8. The third kappa shape index (κ3) is 2.34. The van der Waals surface area contributed by atoms with E-state index < -0.39 is 5.97 Å². The van der Waals surface area contributed by atoms with Crippen LogP contribution in [0.2, 0.25) is 0 Å². The van der Waals surface area contributed by atoms with Crippen LogP contribution in [-0.2, 0) is 4.79 Å². The van der Waals surface area contributed by atoms with Crippen LogP contribution in [0.15, 0.2) is 18.2 Å². The first-order valence-corrected chi connectivity index (χ1v) is 6.03. The zero-order valence-corrected chi connectivity index (χ0v) is 10.6. The van der Waals surface area contributed by atoms with E-state index in [4.69, 9.17) is 5.11 Å². The normalized spacial score (nSPS) is 18.8. The van der Waals surface area contributed by atoms with Crippen molar-refractivity contribution in [2.45, 2.75) is 26.8 Å². The van der Waals surface area contributed by atoms with Crippen LogP contribution in [0.3, 0.4) is 0 Å². The van der Waals surface area contributed by atoms with E-state index in [1.54, 1.807) is 0 Å². The van der Waals surface area contributed by atoms with Gasteiger partial charge in [-0.3, -0.25) is 9.69 Å². The Morgan fingerprint density at radius 3 is 2.59 bits per heavy atom. The van der Waals surface area contributed by atoms with Crippen LogP contribution in [0.4, 0.5) is 0 Å². The van der Waals surface area contributed by atoms with E-state index in [-0.39, 0.29) is 5.92 Å². The lowest BCUT2D eigenvalue weighted by Gasteiger charge is -2.41. The first-order chi connectivity index (χ1) is 7.99. The number of nitrogens with zero attached hydrogens (tertiary/aromatic N) is 1. The van der Waals surface area contributed by atoms with Gasteiger partial charge in [0.05, 0.1) is 5.92 Å². The second-order valence-electron chi connectivity index (χ2n) is 5.03. The van der Waals surface area contributed by atoms with Crippen LogP contribution in [0.25, 0.3) is 0 Å². The summed E-state index contributed by atoms with van der Waals surface area (Å²) in [6.07, 6.45) is 0. The summed E-state index contributed by atoms with van der Waals surface area (Å²) < 4.78 is 0. The molecule has 1 aliphatic heterocycles. The summed E-state index contributed by atoms with van der Waals surface area (Å²) in [6, 6.07) is 6.77. The van der Waals surface area contributed by atoms with E-state index in [1.165, 1.54) is 16.7 Å². The minimum Gasteiger partial charge on any atom is -0.481 e. The van der Waals surface area contributed by atoms with Crippen molar-refractivity contribution in [2.75, 3.05) is 13.1 Å². The van der Waals surface area contributed by atoms with E-state index in [1.807, 2.05) is 0 Å². The van der Waals surface area contributed by atoms with Gasteiger partial charge in [0.2, 0.25) is 0 Å². The Morgan fingerprint density at radius 1 is 1.41 bits per heavy atom. The lowest BCUT2D eigenvalue weighted by molar-refractivity contribution is -0.148. The molecule has 3 heteroatoms. The SMILES string of the molecule is Cc1ccc(C(C)N2CC(C(=O)O)C2)c(C)c1. The van der Waals surface area contributed by atoms with E-state index in [0.29, 0.717) is 19.1 Å². The van der Waals surface area contributed by atoms with Crippen LogP contribution in [-0.4, -0.2) is 29.1 Å². The first kappa shape index (κ1) is 12.1. The number of hydrogen-bond donors (Lipinski definition) is 1. The average molecular weight is 233 g/mol. The van der Waals surface area contributed by atoms with Crippen molar-refractivity contribution in [2.24, 2.45) is 5.92 Å². The highest BCUT2D eigenvalue weighted by Crippen LogP contribution is 2.30. The average Bonchev–Trinajstić information content (AvgIpc) is 2.13. The second kappa shape index (κ2) is 4.49. The molecule has 1 unspecified atom stereocenters. The minimum absolute atomic E-state index is 0.178. The zero-order valence-electron chi connectivity index (χ0n) is 10.6. The van der Waals surface area contributed by atoms with Crippen LogP contribution in [0.1, 0.15) is 29.7 Å². The van der Waals surface area contributed by atoms with Crippen molar-refractivity contribution in [1.29, 1.82) is 0 Å². The predicted octanol–water partition coefficient (Wildman–Crippen LogP) is 2.38. The fourth-order valence-corrected chi connectivity index (χ4v) is 2.48. The molecule has 17 heavy (non-hydrogen) atoms. The Balaban J connectivity index is 2.06. The molecule has 1 saturated heterocycles. The molecule has 1 N–H and O–H groups in total. The first-order valence-electron chi connectivity index (χ1n) is 6.03. The van der Waals surface area contributed by atoms with Crippen molar-refractivity contribution >= 4 is 5.97 Å². The molecule has 1 fully saturated rings. The highest BCUT2D eigenvalue weighted by Gasteiger charge is 2.35. The number of carboxylic acid groups (broad SMARTS) is 1. The molecule has 1 aliphatic rings. The number of hydrogen-bond acceptors (Lipinski definition) is 2. The lowest BCUT2D eigenvalue weighted by Crippen LogP contribution is -2.51. The third-order valence-corrected chi connectivity index (χ3v) is 3.68. The molecule has 1 heterocycles. The Bertz CT molecular complexity index is 436. The number of carbonyl (C=O) groups is 1. The molecule has 0 spiro atoms. The highest BCUT2D eigenvalue weighted by molar-refractivity contribution is 5.71. The standard InChI is InChI=1S/C14H19NO2/c1-9-4-5-13(10(2)6-9)11(3)15-7-12(8-15)14(16)17/h4-6,11-12H,7-8H2,1-3H3,(H,16,17). The van der Waals surface area contributed by atoms with Gasteiger partial charge in [0.25, 0.3) is 0 Å². The molecule has 3 nitrogen and oxygen atoms in total. The van der Waals surface area contributed by atoms with Gasteiger partial charge in [0.15, 0.2) is 0 Å². The van der Waals surface area contributed by atoms with Gasteiger partial charge in [-0.05, 0) is 31.9 Å². The Morgan fingerprint density at radius 2 is 2.06 bits per heavy atom. The Labute approximate surface area is 102 Å².